The van der Waals surface area contributed by atoms with Crippen molar-refractivity contribution in [1.29, 1.82) is 5.41 Å². The number of nitrogens with zero attached hydrogens (tertiary/aromatic N) is 3. The topological polar surface area (TPSA) is 103 Å². The minimum Gasteiger partial charge on any atom is -0.363 e. The highest BCUT2D eigenvalue weighted by Crippen LogP contribution is 2.22. The average Bonchev–Trinajstić information content (AvgIpc) is 3.09. The number of hydrogen-bond acceptors (Lipinski definition) is 4. The number of anilines is 2. The highest BCUT2D eigenvalue weighted by molar-refractivity contribution is 6.30. The molecular formula is C22H23ClN6O2. The third-order valence-electron chi connectivity index (χ3n) is 4.72. The van der Waals surface area contributed by atoms with Gasteiger partial charge >= 0.3 is 0 Å². The molecule has 0 saturated carbocycles. The lowest BCUT2D eigenvalue weighted by molar-refractivity contribution is 0.102. The van der Waals surface area contributed by atoms with Crippen LogP contribution in [-0.4, -0.2) is 46.4 Å². The second-order valence-electron chi connectivity index (χ2n) is 7.22. The summed E-state index contributed by atoms with van der Waals surface area (Å²) in [7, 11) is 5.20. The number of rotatable bonds is 5. The van der Waals surface area contributed by atoms with Crippen LogP contribution >= 0.6 is 11.6 Å². The number of carbonyl (C=O) groups is 2. The first-order valence-corrected chi connectivity index (χ1v) is 9.82. The van der Waals surface area contributed by atoms with Crippen LogP contribution < -0.4 is 10.6 Å². The Morgan fingerprint density at radius 3 is 2.29 bits per heavy atom. The van der Waals surface area contributed by atoms with Crippen LogP contribution in [-0.2, 0) is 7.05 Å². The van der Waals surface area contributed by atoms with E-state index in [-0.39, 0.29) is 17.3 Å². The van der Waals surface area contributed by atoms with Gasteiger partial charge in [-0.3, -0.25) is 19.7 Å². The molecule has 0 saturated heterocycles. The van der Waals surface area contributed by atoms with Gasteiger partial charge in [-0.1, -0.05) is 23.7 Å². The van der Waals surface area contributed by atoms with Gasteiger partial charge in [0.15, 0.2) is 0 Å². The summed E-state index contributed by atoms with van der Waals surface area (Å²) in [5.74, 6) is -0.166. The van der Waals surface area contributed by atoms with Crippen molar-refractivity contribution < 1.29 is 9.59 Å². The fraction of sp³-hybridized carbons (Fsp3) is 0.182. The molecule has 0 aliphatic heterocycles. The summed E-state index contributed by atoms with van der Waals surface area (Å²) in [4.78, 5) is 27.2. The lowest BCUT2D eigenvalue weighted by atomic mass is 10.1. The molecule has 2 amide bonds. The van der Waals surface area contributed by atoms with E-state index in [1.165, 1.54) is 10.9 Å². The van der Waals surface area contributed by atoms with Gasteiger partial charge in [0.1, 0.15) is 17.2 Å². The Morgan fingerprint density at radius 1 is 1.03 bits per heavy atom. The fourth-order valence-electron chi connectivity index (χ4n) is 2.93. The number of carbonyl (C=O) groups excluding carboxylic acids is 2. The van der Waals surface area contributed by atoms with Crippen LogP contribution in [0.1, 0.15) is 31.8 Å². The van der Waals surface area contributed by atoms with E-state index in [0.29, 0.717) is 27.7 Å². The quantitative estimate of drug-likeness (QED) is 0.416. The molecule has 1 heterocycles. The zero-order chi connectivity index (χ0) is 22.7. The van der Waals surface area contributed by atoms with Gasteiger partial charge in [0.25, 0.3) is 11.8 Å². The zero-order valence-corrected chi connectivity index (χ0v) is 18.4. The predicted molar refractivity (Wildman–Crippen MR) is 122 cm³/mol. The van der Waals surface area contributed by atoms with Gasteiger partial charge in [-0.15, -0.1) is 0 Å². The molecule has 8 nitrogen and oxygen atoms in total. The third kappa shape index (κ3) is 4.92. The van der Waals surface area contributed by atoms with Crippen molar-refractivity contribution in [3.05, 3.63) is 75.9 Å². The van der Waals surface area contributed by atoms with Gasteiger partial charge in [-0.05, 0) is 42.8 Å². The summed E-state index contributed by atoms with van der Waals surface area (Å²) >= 11 is 5.97. The van der Waals surface area contributed by atoms with Crippen molar-refractivity contribution in [2.75, 3.05) is 24.7 Å². The van der Waals surface area contributed by atoms with E-state index < -0.39 is 5.91 Å². The van der Waals surface area contributed by atoms with Crippen molar-refractivity contribution in [1.82, 2.24) is 14.7 Å². The smallest absolute Gasteiger partial charge is 0.261 e. The highest BCUT2D eigenvalue weighted by Gasteiger charge is 2.20. The molecule has 3 N–H and O–H groups in total. The number of benzene rings is 2. The number of nitrogens with one attached hydrogen (secondary N) is 3. The summed E-state index contributed by atoms with van der Waals surface area (Å²) in [6.45, 7) is 1.84. The maximum absolute atomic E-state index is 12.8. The first-order valence-electron chi connectivity index (χ1n) is 9.44. The second-order valence-corrected chi connectivity index (χ2v) is 7.65. The van der Waals surface area contributed by atoms with E-state index >= 15 is 0 Å². The standard InChI is InChI=1S/C22H23ClN6O2/c1-13-11-16(23)9-10-18(13)26-22(31)17-12-25-29(4)20(17)27-21(30)15-7-5-14(6-8-15)19(24)28(2)3/h5-12,24H,1-4H3,(H,26,31)(H,27,30). The SMILES string of the molecule is Cc1cc(Cl)ccc1NC(=O)c1cnn(C)c1NC(=O)c1ccc(C(=N)N(C)C)cc1. The van der Waals surface area contributed by atoms with Crippen LogP contribution in [0.25, 0.3) is 0 Å². The molecule has 0 aliphatic rings. The van der Waals surface area contributed by atoms with E-state index in [2.05, 4.69) is 15.7 Å². The van der Waals surface area contributed by atoms with Crippen LogP contribution in [0.4, 0.5) is 11.5 Å². The number of aromatic nitrogens is 2. The molecular weight excluding hydrogens is 416 g/mol. The van der Waals surface area contributed by atoms with Crippen molar-refractivity contribution in [2.45, 2.75) is 6.92 Å². The van der Waals surface area contributed by atoms with E-state index in [1.807, 2.05) is 6.92 Å². The molecule has 9 heteroatoms. The van der Waals surface area contributed by atoms with Crippen LogP contribution in [0, 0.1) is 12.3 Å². The molecule has 0 radical (unpaired) electrons. The Balaban J connectivity index is 1.78. The van der Waals surface area contributed by atoms with Gasteiger partial charge in [-0.2, -0.15) is 5.10 Å². The van der Waals surface area contributed by atoms with Gasteiger partial charge in [0.05, 0.1) is 6.20 Å². The normalized spacial score (nSPS) is 10.5. The van der Waals surface area contributed by atoms with Crippen molar-refractivity contribution in [3.63, 3.8) is 0 Å². The van der Waals surface area contributed by atoms with E-state index in [4.69, 9.17) is 17.0 Å². The Bertz CT molecular complexity index is 1150. The van der Waals surface area contributed by atoms with E-state index in [0.717, 1.165) is 5.56 Å². The summed E-state index contributed by atoms with van der Waals surface area (Å²) < 4.78 is 1.43. The molecule has 0 aliphatic carbocycles. The number of amidine groups is 1. The Morgan fingerprint density at radius 2 is 1.68 bits per heavy atom. The molecule has 160 valence electrons. The molecule has 0 spiro atoms. The molecule has 0 unspecified atom stereocenters. The van der Waals surface area contributed by atoms with E-state index in [1.54, 1.807) is 68.5 Å². The van der Waals surface area contributed by atoms with Gasteiger partial charge in [0.2, 0.25) is 0 Å². The first kappa shape index (κ1) is 22.0. The number of halogens is 1. The third-order valence-corrected chi connectivity index (χ3v) is 4.95. The number of hydrogen-bond donors (Lipinski definition) is 3. The molecule has 0 atom stereocenters. The number of aryl methyl sites for hydroxylation is 2. The van der Waals surface area contributed by atoms with Gasteiger partial charge in [-0.25, -0.2) is 0 Å². The molecule has 0 bridgehead atoms. The minimum absolute atomic E-state index is 0.233. The maximum atomic E-state index is 12.8. The van der Waals surface area contributed by atoms with Gasteiger partial charge < -0.3 is 15.5 Å². The Labute approximate surface area is 185 Å². The molecule has 31 heavy (non-hydrogen) atoms. The predicted octanol–water partition coefficient (Wildman–Crippen LogP) is 3.77. The van der Waals surface area contributed by atoms with Crippen LogP contribution in [0.5, 0.6) is 0 Å². The fourth-order valence-corrected chi connectivity index (χ4v) is 3.15. The highest BCUT2D eigenvalue weighted by atomic mass is 35.5. The molecule has 2 aromatic carbocycles. The molecule has 3 rings (SSSR count). The molecule has 0 fully saturated rings. The van der Waals surface area contributed by atoms with Crippen LogP contribution in [0.2, 0.25) is 5.02 Å². The molecule has 1 aromatic heterocycles. The first-order chi connectivity index (χ1) is 14.7. The summed E-state index contributed by atoms with van der Waals surface area (Å²) in [5.41, 5.74) is 2.77. The average molecular weight is 439 g/mol. The summed E-state index contributed by atoms with van der Waals surface area (Å²) in [6, 6.07) is 11.8. The largest absolute Gasteiger partial charge is 0.363 e. The summed E-state index contributed by atoms with van der Waals surface area (Å²) in [5, 5.41) is 18.3. The van der Waals surface area contributed by atoms with Crippen LogP contribution in [0.15, 0.2) is 48.7 Å². The number of amides is 2. The van der Waals surface area contributed by atoms with Crippen molar-refractivity contribution >= 4 is 40.8 Å². The second kappa shape index (κ2) is 9.01. The Kier molecular flexibility index (Phi) is 6.41. The monoisotopic (exact) mass is 438 g/mol. The lowest BCUT2D eigenvalue weighted by Gasteiger charge is -2.14. The minimum atomic E-state index is -0.399. The zero-order valence-electron chi connectivity index (χ0n) is 17.7. The van der Waals surface area contributed by atoms with Crippen LogP contribution in [0.3, 0.4) is 0 Å². The van der Waals surface area contributed by atoms with E-state index in [9.17, 15) is 9.59 Å². The maximum Gasteiger partial charge on any atom is 0.261 e. The molecule has 3 aromatic rings. The van der Waals surface area contributed by atoms with Crippen molar-refractivity contribution in [2.24, 2.45) is 7.05 Å². The Hall–Kier alpha value is -3.65. The lowest BCUT2D eigenvalue weighted by Crippen LogP contribution is -2.22. The van der Waals surface area contributed by atoms with Gasteiger partial charge in [0, 0.05) is 43.0 Å². The summed E-state index contributed by atoms with van der Waals surface area (Å²) in [6.07, 6.45) is 1.40. The van der Waals surface area contributed by atoms with Crippen molar-refractivity contribution in [3.8, 4) is 0 Å².